The van der Waals surface area contributed by atoms with Crippen molar-refractivity contribution in [3.8, 4) is 0 Å². The van der Waals surface area contributed by atoms with Crippen LogP contribution < -0.4 is 5.32 Å². The number of rotatable bonds is 4. The zero-order chi connectivity index (χ0) is 13.5. The zero-order valence-corrected chi connectivity index (χ0v) is 10.1. The Balaban J connectivity index is 2.72. The molecule has 0 aliphatic rings. The van der Waals surface area contributed by atoms with Gasteiger partial charge in [-0.1, -0.05) is 5.16 Å². The fourth-order valence-corrected chi connectivity index (χ4v) is 1.17. The van der Waals surface area contributed by atoms with E-state index in [0.717, 1.165) is 0 Å². The van der Waals surface area contributed by atoms with Crippen LogP contribution in [0.1, 0.15) is 24.2 Å². The Morgan fingerprint density at radius 1 is 1.33 bits per heavy atom. The van der Waals surface area contributed by atoms with E-state index in [4.69, 9.17) is 9.94 Å². The smallest absolute Gasteiger partial charge is 0.338 e. The number of hydrogen-bond donors (Lipinski definition) is 2. The minimum atomic E-state index is -0.513. The summed E-state index contributed by atoms with van der Waals surface area (Å²) in [5.74, 6) is -0.926. The lowest BCUT2D eigenvalue weighted by Gasteiger charge is -2.05. The maximum Gasteiger partial charge on any atom is 0.338 e. The fraction of sp³-hybridized carbons (Fsp3) is 0.250. The normalized spacial score (nSPS) is 10.9. The molecule has 1 rings (SSSR count). The SMILES string of the molecule is CCOC(=O)c1ccc(NC(=O)C(C)=NO)cc1. The van der Waals surface area contributed by atoms with Crippen molar-refractivity contribution in [3.63, 3.8) is 0 Å². The first kappa shape index (κ1) is 13.7. The fourth-order valence-electron chi connectivity index (χ4n) is 1.17. The quantitative estimate of drug-likeness (QED) is 0.368. The van der Waals surface area contributed by atoms with E-state index in [1.165, 1.54) is 6.92 Å². The Kier molecular flexibility index (Phi) is 4.86. The van der Waals surface area contributed by atoms with Crippen LogP contribution in [0.2, 0.25) is 0 Å². The van der Waals surface area contributed by atoms with Crippen LogP contribution in [0, 0.1) is 0 Å². The summed E-state index contributed by atoms with van der Waals surface area (Å²) in [6.45, 7) is 3.41. The van der Waals surface area contributed by atoms with Crippen molar-refractivity contribution in [3.05, 3.63) is 29.8 Å². The van der Waals surface area contributed by atoms with Gasteiger partial charge in [0.05, 0.1) is 12.2 Å². The summed E-state index contributed by atoms with van der Waals surface area (Å²) in [6.07, 6.45) is 0. The number of carbonyl (C=O) groups excluding carboxylic acids is 2. The van der Waals surface area contributed by atoms with Crippen molar-refractivity contribution in [2.75, 3.05) is 11.9 Å². The topological polar surface area (TPSA) is 88.0 Å². The molecule has 18 heavy (non-hydrogen) atoms. The molecule has 6 heteroatoms. The Labute approximate surface area is 104 Å². The van der Waals surface area contributed by atoms with Crippen molar-refractivity contribution in [1.82, 2.24) is 0 Å². The Hall–Kier alpha value is -2.37. The van der Waals surface area contributed by atoms with Crippen molar-refractivity contribution in [1.29, 1.82) is 0 Å². The molecule has 0 atom stereocenters. The molecule has 0 saturated heterocycles. The van der Waals surface area contributed by atoms with E-state index in [1.807, 2.05) is 0 Å². The summed E-state index contributed by atoms with van der Waals surface area (Å²) in [4.78, 5) is 22.7. The van der Waals surface area contributed by atoms with Gasteiger partial charge in [-0.25, -0.2) is 4.79 Å². The average molecular weight is 250 g/mol. The number of hydrogen-bond acceptors (Lipinski definition) is 5. The van der Waals surface area contributed by atoms with Crippen LogP contribution in [-0.2, 0) is 9.53 Å². The third-order valence-electron chi connectivity index (χ3n) is 2.13. The first-order chi connectivity index (χ1) is 8.58. The van der Waals surface area contributed by atoms with E-state index in [2.05, 4.69) is 10.5 Å². The van der Waals surface area contributed by atoms with Crippen molar-refractivity contribution in [2.24, 2.45) is 5.16 Å². The molecule has 1 aromatic rings. The lowest BCUT2D eigenvalue weighted by atomic mass is 10.2. The van der Waals surface area contributed by atoms with Crippen LogP contribution in [0.15, 0.2) is 29.4 Å². The number of benzene rings is 1. The molecule has 0 spiro atoms. The summed E-state index contributed by atoms with van der Waals surface area (Å²) >= 11 is 0. The lowest BCUT2D eigenvalue weighted by Crippen LogP contribution is -2.20. The van der Waals surface area contributed by atoms with Gasteiger partial charge in [0.15, 0.2) is 0 Å². The summed E-state index contributed by atoms with van der Waals surface area (Å²) in [5, 5.41) is 13.7. The van der Waals surface area contributed by atoms with Gasteiger partial charge in [0.2, 0.25) is 0 Å². The summed E-state index contributed by atoms with van der Waals surface area (Å²) in [7, 11) is 0. The van der Waals surface area contributed by atoms with E-state index in [1.54, 1.807) is 31.2 Å². The minimum absolute atomic E-state index is 0.0514. The second-order valence-corrected chi connectivity index (χ2v) is 3.44. The molecule has 1 aromatic carbocycles. The van der Waals surface area contributed by atoms with Crippen LogP contribution in [0.5, 0.6) is 0 Å². The zero-order valence-electron chi connectivity index (χ0n) is 10.1. The van der Waals surface area contributed by atoms with Crippen LogP contribution in [-0.4, -0.2) is 29.4 Å². The third-order valence-corrected chi connectivity index (χ3v) is 2.13. The van der Waals surface area contributed by atoms with E-state index < -0.39 is 11.9 Å². The molecule has 0 aliphatic heterocycles. The molecule has 0 aliphatic carbocycles. The number of nitrogens with zero attached hydrogens (tertiary/aromatic N) is 1. The Morgan fingerprint density at radius 3 is 2.44 bits per heavy atom. The van der Waals surface area contributed by atoms with Crippen molar-refractivity contribution < 1.29 is 19.5 Å². The van der Waals surface area contributed by atoms with Gasteiger partial charge in [-0.05, 0) is 38.1 Å². The summed E-state index contributed by atoms with van der Waals surface area (Å²) in [5.41, 5.74) is 0.850. The highest BCUT2D eigenvalue weighted by Crippen LogP contribution is 2.10. The van der Waals surface area contributed by atoms with Gasteiger partial charge in [0.25, 0.3) is 5.91 Å². The van der Waals surface area contributed by atoms with Crippen molar-refractivity contribution >= 4 is 23.3 Å². The van der Waals surface area contributed by atoms with E-state index in [0.29, 0.717) is 17.9 Å². The number of nitrogens with one attached hydrogen (secondary N) is 1. The average Bonchev–Trinajstić information content (AvgIpc) is 2.38. The molecule has 2 N–H and O–H groups in total. The number of esters is 1. The van der Waals surface area contributed by atoms with Crippen LogP contribution >= 0.6 is 0 Å². The predicted molar refractivity (Wildman–Crippen MR) is 65.9 cm³/mol. The first-order valence-electron chi connectivity index (χ1n) is 5.35. The molecule has 0 radical (unpaired) electrons. The van der Waals surface area contributed by atoms with Gasteiger partial charge in [-0.3, -0.25) is 4.79 Å². The molecule has 0 aromatic heterocycles. The van der Waals surface area contributed by atoms with Gasteiger partial charge in [0, 0.05) is 5.69 Å². The van der Waals surface area contributed by atoms with Crippen LogP contribution in [0.25, 0.3) is 0 Å². The molecule has 0 fully saturated rings. The number of anilines is 1. The van der Waals surface area contributed by atoms with Gasteiger partial charge in [-0.15, -0.1) is 0 Å². The van der Waals surface area contributed by atoms with Gasteiger partial charge in [0.1, 0.15) is 5.71 Å². The minimum Gasteiger partial charge on any atom is -0.462 e. The van der Waals surface area contributed by atoms with E-state index in [-0.39, 0.29) is 5.71 Å². The van der Waals surface area contributed by atoms with E-state index in [9.17, 15) is 9.59 Å². The molecule has 0 saturated carbocycles. The number of amides is 1. The van der Waals surface area contributed by atoms with Gasteiger partial charge >= 0.3 is 5.97 Å². The molecule has 1 amide bonds. The number of carbonyl (C=O) groups is 2. The maximum atomic E-state index is 11.4. The Morgan fingerprint density at radius 2 is 1.94 bits per heavy atom. The highest BCUT2D eigenvalue weighted by Gasteiger charge is 2.08. The molecule has 0 unspecified atom stereocenters. The molecule has 96 valence electrons. The van der Waals surface area contributed by atoms with Crippen LogP contribution in [0.4, 0.5) is 5.69 Å². The van der Waals surface area contributed by atoms with E-state index >= 15 is 0 Å². The highest BCUT2D eigenvalue weighted by molar-refractivity contribution is 6.42. The molecular weight excluding hydrogens is 236 g/mol. The van der Waals surface area contributed by atoms with Gasteiger partial charge < -0.3 is 15.3 Å². The van der Waals surface area contributed by atoms with Crippen molar-refractivity contribution in [2.45, 2.75) is 13.8 Å². The molecule has 6 nitrogen and oxygen atoms in total. The van der Waals surface area contributed by atoms with Gasteiger partial charge in [-0.2, -0.15) is 0 Å². The maximum absolute atomic E-state index is 11.4. The second-order valence-electron chi connectivity index (χ2n) is 3.44. The lowest BCUT2D eigenvalue weighted by molar-refractivity contribution is -0.110. The summed E-state index contributed by atoms with van der Waals surface area (Å²) in [6, 6.07) is 6.21. The first-order valence-corrected chi connectivity index (χ1v) is 5.35. The largest absolute Gasteiger partial charge is 0.462 e. The standard InChI is InChI=1S/C12H14N2O4/c1-3-18-12(16)9-4-6-10(7-5-9)13-11(15)8(2)14-17/h4-7,17H,3H2,1-2H3,(H,13,15). The van der Waals surface area contributed by atoms with Crippen LogP contribution in [0.3, 0.4) is 0 Å². The number of oxime groups is 1. The monoisotopic (exact) mass is 250 g/mol. The molecule has 0 heterocycles. The summed E-state index contributed by atoms with van der Waals surface area (Å²) < 4.78 is 4.83. The highest BCUT2D eigenvalue weighted by atomic mass is 16.5. The Bertz CT molecular complexity index is 465. The predicted octanol–water partition coefficient (Wildman–Crippen LogP) is 1.65. The molecule has 0 bridgehead atoms. The number of ether oxygens (including phenoxy) is 1. The molecular formula is C12H14N2O4. The third kappa shape index (κ3) is 3.58. The second kappa shape index (κ2) is 6.39.